The number of benzene rings is 1. The molecule has 4 rings (SSSR count). The molecule has 0 bridgehead atoms. The lowest BCUT2D eigenvalue weighted by Gasteiger charge is -2.38. The van der Waals surface area contributed by atoms with Gasteiger partial charge in [-0.3, -0.25) is 9.59 Å². The number of ether oxygens (including phenoxy) is 2. The van der Waals surface area contributed by atoms with E-state index >= 15 is 0 Å². The van der Waals surface area contributed by atoms with E-state index in [1.165, 1.54) is 29.2 Å². The van der Waals surface area contributed by atoms with Crippen LogP contribution in [0, 0.1) is 0 Å². The smallest absolute Gasteiger partial charge is 0.308 e. The SMILES string of the molecule is CCCc1cc2c(s1)CN[C@H]1CCc3cc(OC(C)=O)c(OC(C)=O)cc3[C@H]21. The molecule has 2 atom stereocenters. The molecule has 0 spiro atoms. The van der Waals surface area contributed by atoms with E-state index in [1.807, 2.05) is 23.5 Å². The zero-order valence-electron chi connectivity index (χ0n) is 16.5. The van der Waals surface area contributed by atoms with Crippen LogP contribution in [0.4, 0.5) is 0 Å². The summed E-state index contributed by atoms with van der Waals surface area (Å²) in [5, 5.41) is 3.70. The summed E-state index contributed by atoms with van der Waals surface area (Å²) in [6, 6.07) is 6.51. The molecule has 0 saturated heterocycles. The molecule has 2 aliphatic rings. The van der Waals surface area contributed by atoms with Crippen LogP contribution < -0.4 is 14.8 Å². The molecule has 0 amide bonds. The second-order valence-electron chi connectivity index (χ2n) is 7.53. The summed E-state index contributed by atoms with van der Waals surface area (Å²) >= 11 is 1.90. The van der Waals surface area contributed by atoms with Gasteiger partial charge in [-0.05, 0) is 54.2 Å². The fourth-order valence-corrected chi connectivity index (χ4v) is 5.65. The number of thiophene rings is 1. The summed E-state index contributed by atoms with van der Waals surface area (Å²) in [4.78, 5) is 25.9. The molecule has 28 heavy (non-hydrogen) atoms. The fraction of sp³-hybridized carbons (Fsp3) is 0.455. The van der Waals surface area contributed by atoms with Gasteiger partial charge in [0.1, 0.15) is 0 Å². The van der Waals surface area contributed by atoms with E-state index in [-0.39, 0.29) is 5.92 Å². The lowest BCUT2D eigenvalue weighted by molar-refractivity contribution is -0.134. The molecule has 0 radical (unpaired) electrons. The van der Waals surface area contributed by atoms with Crippen LogP contribution >= 0.6 is 11.3 Å². The number of hydrogen-bond donors (Lipinski definition) is 1. The first kappa shape index (κ1) is 19.2. The Balaban J connectivity index is 1.81. The maximum atomic E-state index is 11.6. The Labute approximate surface area is 169 Å². The highest BCUT2D eigenvalue weighted by Crippen LogP contribution is 2.46. The number of esters is 2. The maximum Gasteiger partial charge on any atom is 0.308 e. The monoisotopic (exact) mass is 399 g/mol. The van der Waals surface area contributed by atoms with E-state index in [0.717, 1.165) is 43.4 Å². The quantitative estimate of drug-likeness (QED) is 0.619. The molecule has 2 heterocycles. The molecule has 1 aliphatic heterocycles. The largest absolute Gasteiger partial charge is 0.423 e. The zero-order chi connectivity index (χ0) is 19.8. The van der Waals surface area contributed by atoms with Crippen molar-refractivity contribution in [2.45, 2.75) is 65.0 Å². The first-order valence-electron chi connectivity index (χ1n) is 9.84. The highest BCUT2D eigenvalue weighted by atomic mass is 32.1. The second-order valence-corrected chi connectivity index (χ2v) is 8.75. The average Bonchev–Trinajstić information content (AvgIpc) is 3.04. The summed E-state index contributed by atoms with van der Waals surface area (Å²) in [6.07, 6.45) is 4.17. The van der Waals surface area contributed by atoms with Gasteiger partial charge in [-0.1, -0.05) is 13.3 Å². The van der Waals surface area contributed by atoms with Gasteiger partial charge in [0.15, 0.2) is 11.5 Å². The normalized spacial score (nSPS) is 20.0. The molecule has 148 valence electrons. The summed E-state index contributed by atoms with van der Waals surface area (Å²) in [6.45, 7) is 5.83. The third kappa shape index (κ3) is 3.59. The molecule has 0 saturated carbocycles. The minimum absolute atomic E-state index is 0.232. The number of hydrogen-bond acceptors (Lipinski definition) is 6. The topological polar surface area (TPSA) is 64.6 Å². The minimum Gasteiger partial charge on any atom is -0.423 e. The van der Waals surface area contributed by atoms with Crippen LogP contribution in [-0.4, -0.2) is 18.0 Å². The predicted molar refractivity (Wildman–Crippen MR) is 108 cm³/mol. The van der Waals surface area contributed by atoms with Gasteiger partial charge in [-0.15, -0.1) is 11.3 Å². The molecule has 1 aliphatic carbocycles. The molecule has 0 fully saturated rings. The van der Waals surface area contributed by atoms with E-state index in [1.54, 1.807) is 0 Å². The number of carbonyl (C=O) groups is 2. The highest BCUT2D eigenvalue weighted by Gasteiger charge is 2.37. The van der Waals surface area contributed by atoms with Crippen LogP contribution in [0.3, 0.4) is 0 Å². The average molecular weight is 400 g/mol. The fourth-order valence-electron chi connectivity index (χ4n) is 4.39. The number of aryl methyl sites for hydroxylation is 2. The summed E-state index contributed by atoms with van der Waals surface area (Å²) < 4.78 is 10.7. The first-order chi connectivity index (χ1) is 13.5. The van der Waals surface area contributed by atoms with Crippen LogP contribution in [0.2, 0.25) is 0 Å². The molecule has 5 nitrogen and oxygen atoms in total. The van der Waals surface area contributed by atoms with Crippen molar-refractivity contribution in [1.29, 1.82) is 0 Å². The molecule has 1 aromatic heterocycles. The van der Waals surface area contributed by atoms with E-state index in [0.29, 0.717) is 17.5 Å². The Kier molecular flexibility index (Phi) is 5.25. The number of nitrogens with one attached hydrogen (secondary N) is 1. The Bertz CT molecular complexity index is 933. The maximum absolute atomic E-state index is 11.6. The van der Waals surface area contributed by atoms with Crippen molar-refractivity contribution in [2.75, 3.05) is 0 Å². The summed E-state index contributed by atoms with van der Waals surface area (Å²) in [5.41, 5.74) is 3.72. The Morgan fingerprint density at radius 2 is 1.82 bits per heavy atom. The number of fused-ring (bicyclic) bond motifs is 5. The molecule has 2 aromatic rings. The molecule has 1 aromatic carbocycles. The Morgan fingerprint density at radius 3 is 2.50 bits per heavy atom. The van der Waals surface area contributed by atoms with Gasteiger partial charge in [0.2, 0.25) is 0 Å². The number of carbonyl (C=O) groups excluding carboxylic acids is 2. The van der Waals surface area contributed by atoms with Crippen molar-refractivity contribution in [3.05, 3.63) is 44.6 Å². The third-order valence-electron chi connectivity index (χ3n) is 5.42. The van der Waals surface area contributed by atoms with Gasteiger partial charge in [0, 0.05) is 42.1 Å². The van der Waals surface area contributed by atoms with Crippen molar-refractivity contribution in [3.8, 4) is 11.5 Å². The molecular formula is C22H25NO4S. The zero-order valence-corrected chi connectivity index (χ0v) is 17.3. The standard InChI is InChI=1S/C22H25NO4S/c1-4-5-15-9-17-21(28-15)11-23-18-7-6-14-8-19(26-12(2)24)20(27-13(3)25)10-16(14)22(17)18/h8-10,18,22-23H,4-7,11H2,1-3H3/t18-,22+/m0/s1. The van der Waals surface area contributed by atoms with Crippen molar-refractivity contribution in [3.63, 3.8) is 0 Å². The third-order valence-corrected chi connectivity index (χ3v) is 6.63. The van der Waals surface area contributed by atoms with Crippen LogP contribution in [0.25, 0.3) is 0 Å². The lowest BCUT2D eigenvalue weighted by Crippen LogP contribution is -2.42. The van der Waals surface area contributed by atoms with Crippen LogP contribution in [-0.2, 0) is 29.0 Å². The van der Waals surface area contributed by atoms with Crippen molar-refractivity contribution >= 4 is 23.3 Å². The van der Waals surface area contributed by atoms with E-state index < -0.39 is 11.9 Å². The van der Waals surface area contributed by atoms with Crippen molar-refractivity contribution in [1.82, 2.24) is 5.32 Å². The number of rotatable bonds is 4. The van der Waals surface area contributed by atoms with Crippen molar-refractivity contribution < 1.29 is 19.1 Å². The first-order valence-corrected chi connectivity index (χ1v) is 10.7. The van der Waals surface area contributed by atoms with Crippen molar-refractivity contribution in [2.24, 2.45) is 0 Å². The van der Waals surface area contributed by atoms with Gasteiger partial charge in [0.25, 0.3) is 0 Å². The van der Waals surface area contributed by atoms with Gasteiger partial charge in [-0.2, -0.15) is 0 Å². The second kappa shape index (κ2) is 7.68. The lowest BCUT2D eigenvalue weighted by atomic mass is 9.74. The minimum atomic E-state index is -0.427. The van der Waals surface area contributed by atoms with Crippen LogP contribution in [0.1, 0.15) is 66.0 Å². The highest BCUT2D eigenvalue weighted by molar-refractivity contribution is 7.12. The van der Waals surface area contributed by atoms with Crippen LogP contribution in [0.5, 0.6) is 11.5 Å². The Morgan fingerprint density at radius 1 is 1.11 bits per heavy atom. The molecule has 0 unspecified atom stereocenters. The van der Waals surface area contributed by atoms with Gasteiger partial charge >= 0.3 is 11.9 Å². The van der Waals surface area contributed by atoms with Gasteiger partial charge < -0.3 is 14.8 Å². The predicted octanol–water partition coefficient (Wildman–Crippen LogP) is 4.10. The van der Waals surface area contributed by atoms with E-state index in [2.05, 4.69) is 18.3 Å². The Hall–Kier alpha value is -2.18. The summed E-state index contributed by atoms with van der Waals surface area (Å²) in [5.74, 6) is 0.0174. The van der Waals surface area contributed by atoms with Gasteiger partial charge in [0.05, 0.1) is 0 Å². The van der Waals surface area contributed by atoms with E-state index in [9.17, 15) is 9.59 Å². The summed E-state index contributed by atoms with van der Waals surface area (Å²) in [7, 11) is 0. The molecular weight excluding hydrogens is 374 g/mol. The van der Waals surface area contributed by atoms with E-state index in [4.69, 9.17) is 9.47 Å². The van der Waals surface area contributed by atoms with Gasteiger partial charge in [-0.25, -0.2) is 0 Å². The molecule has 6 heteroatoms. The molecule has 1 N–H and O–H groups in total. The van der Waals surface area contributed by atoms with Crippen LogP contribution in [0.15, 0.2) is 18.2 Å².